The van der Waals surface area contributed by atoms with Crippen molar-refractivity contribution in [3.05, 3.63) is 40.1 Å². The molecule has 11 heteroatoms. The quantitative estimate of drug-likeness (QED) is 0.318. The van der Waals surface area contributed by atoms with Crippen LogP contribution in [0.5, 0.6) is 28.7 Å². The highest BCUT2D eigenvalue weighted by Crippen LogP contribution is 2.45. The van der Waals surface area contributed by atoms with Gasteiger partial charge in [0.15, 0.2) is 16.9 Å². The molecular formula is C23H24O11. The Bertz CT molecular complexity index is 1270. The second kappa shape index (κ2) is 8.69. The van der Waals surface area contributed by atoms with Crippen molar-refractivity contribution in [1.29, 1.82) is 0 Å². The van der Waals surface area contributed by atoms with E-state index in [0.29, 0.717) is 5.56 Å². The van der Waals surface area contributed by atoms with Gasteiger partial charge in [-0.2, -0.15) is 0 Å². The SMILES string of the molecule is COc1cc(-c2cc(=O)c3c(O)c(C4O[C@H](C)[C@H](O)[C@H](O)[C@H]4O)c(O)cc3o2)cc(OC)c1O. The summed E-state index contributed by atoms with van der Waals surface area (Å²) in [4.78, 5) is 13.0. The summed E-state index contributed by atoms with van der Waals surface area (Å²) in [5.41, 5.74) is -0.873. The molecule has 34 heavy (non-hydrogen) atoms. The van der Waals surface area contributed by atoms with Crippen molar-refractivity contribution in [2.75, 3.05) is 14.2 Å². The Hall–Kier alpha value is -3.51. The van der Waals surface area contributed by atoms with Crippen LogP contribution in [0.1, 0.15) is 18.6 Å². The number of methoxy groups -OCH3 is 2. The molecule has 1 unspecified atom stereocenters. The lowest BCUT2D eigenvalue weighted by Gasteiger charge is -2.39. The number of benzene rings is 2. The fourth-order valence-electron chi connectivity index (χ4n) is 4.05. The lowest BCUT2D eigenvalue weighted by atomic mass is 9.90. The van der Waals surface area contributed by atoms with Crippen LogP contribution in [0.3, 0.4) is 0 Å². The summed E-state index contributed by atoms with van der Waals surface area (Å²) in [5.74, 6) is -1.35. The molecule has 1 fully saturated rings. The Labute approximate surface area is 192 Å². The maximum atomic E-state index is 13.0. The maximum absolute atomic E-state index is 13.0. The van der Waals surface area contributed by atoms with Crippen molar-refractivity contribution in [2.45, 2.75) is 37.4 Å². The Balaban J connectivity index is 1.88. The fourth-order valence-corrected chi connectivity index (χ4v) is 4.05. The summed E-state index contributed by atoms with van der Waals surface area (Å²) in [7, 11) is 2.68. The number of fused-ring (bicyclic) bond motifs is 1. The van der Waals surface area contributed by atoms with E-state index >= 15 is 0 Å². The Morgan fingerprint density at radius 1 is 0.853 bits per heavy atom. The van der Waals surface area contributed by atoms with Crippen molar-refractivity contribution in [2.24, 2.45) is 0 Å². The van der Waals surface area contributed by atoms with Gasteiger partial charge in [0.1, 0.15) is 52.6 Å². The van der Waals surface area contributed by atoms with Crippen molar-refractivity contribution < 1.29 is 49.3 Å². The number of aliphatic hydroxyl groups excluding tert-OH is 3. The van der Waals surface area contributed by atoms with Crippen LogP contribution in [0.15, 0.2) is 33.5 Å². The molecule has 2 heterocycles. The Morgan fingerprint density at radius 3 is 2.06 bits per heavy atom. The normalized spacial score (nSPS) is 24.8. The first kappa shape index (κ1) is 23.6. The highest BCUT2D eigenvalue weighted by atomic mass is 16.5. The van der Waals surface area contributed by atoms with E-state index in [2.05, 4.69) is 0 Å². The van der Waals surface area contributed by atoms with E-state index in [4.69, 9.17) is 18.6 Å². The van der Waals surface area contributed by atoms with Crippen LogP contribution in [-0.4, -0.2) is 69.3 Å². The summed E-state index contributed by atoms with van der Waals surface area (Å²) in [6.45, 7) is 1.45. The zero-order chi connectivity index (χ0) is 24.9. The molecule has 3 aromatic rings. The van der Waals surface area contributed by atoms with Gasteiger partial charge >= 0.3 is 0 Å². The minimum atomic E-state index is -1.69. The molecule has 0 amide bonds. The molecule has 0 spiro atoms. The summed E-state index contributed by atoms with van der Waals surface area (Å²) in [6, 6.07) is 4.99. The van der Waals surface area contributed by atoms with E-state index in [1.807, 2.05) is 0 Å². The second-order valence-corrected chi connectivity index (χ2v) is 7.97. The lowest BCUT2D eigenvalue weighted by Crippen LogP contribution is -2.53. The molecule has 0 aliphatic carbocycles. The van der Waals surface area contributed by atoms with Gasteiger partial charge in [-0.15, -0.1) is 0 Å². The molecule has 0 radical (unpaired) electrons. The third-order valence-electron chi connectivity index (χ3n) is 5.91. The molecular weight excluding hydrogens is 452 g/mol. The van der Waals surface area contributed by atoms with Crippen LogP contribution >= 0.6 is 0 Å². The molecule has 1 aliphatic rings. The first-order chi connectivity index (χ1) is 16.1. The molecule has 0 saturated carbocycles. The van der Waals surface area contributed by atoms with Crippen molar-refractivity contribution >= 4 is 11.0 Å². The van der Waals surface area contributed by atoms with Crippen LogP contribution in [-0.2, 0) is 4.74 Å². The predicted molar refractivity (Wildman–Crippen MR) is 117 cm³/mol. The van der Waals surface area contributed by atoms with Crippen LogP contribution in [0, 0.1) is 0 Å². The average molecular weight is 476 g/mol. The topological polar surface area (TPSA) is 179 Å². The van der Waals surface area contributed by atoms with Gasteiger partial charge < -0.3 is 49.3 Å². The van der Waals surface area contributed by atoms with E-state index in [9.17, 15) is 35.4 Å². The highest BCUT2D eigenvalue weighted by molar-refractivity contribution is 5.88. The lowest BCUT2D eigenvalue weighted by molar-refractivity contribution is -0.220. The van der Waals surface area contributed by atoms with Gasteiger partial charge in [-0.3, -0.25) is 4.79 Å². The molecule has 5 atom stereocenters. The van der Waals surface area contributed by atoms with Gasteiger partial charge in [-0.1, -0.05) is 0 Å². The van der Waals surface area contributed by atoms with Gasteiger partial charge in [-0.05, 0) is 19.1 Å². The first-order valence-corrected chi connectivity index (χ1v) is 10.3. The number of phenols is 3. The molecule has 1 saturated heterocycles. The van der Waals surface area contributed by atoms with Gasteiger partial charge in [-0.25, -0.2) is 0 Å². The van der Waals surface area contributed by atoms with Gasteiger partial charge in [0.2, 0.25) is 5.75 Å². The zero-order valence-electron chi connectivity index (χ0n) is 18.4. The summed E-state index contributed by atoms with van der Waals surface area (Å²) >= 11 is 0. The van der Waals surface area contributed by atoms with Gasteiger partial charge in [0.25, 0.3) is 0 Å². The third kappa shape index (κ3) is 3.68. The standard InChI is InChI=1S/C23H24O11/c1-8-18(26)21(29)22(30)23(33-8)17-11(25)7-13-16(20(17)28)10(24)6-12(34-13)9-4-14(31-2)19(27)15(5-9)32-3/h4-8,18,21-23,25-30H,1-3H3/t8-,18+,21+,22-,23?/m1/s1. The van der Waals surface area contributed by atoms with E-state index in [0.717, 1.165) is 12.1 Å². The predicted octanol–water partition coefficient (Wildman–Crippen LogP) is 1.14. The second-order valence-electron chi connectivity index (χ2n) is 7.97. The molecule has 182 valence electrons. The number of aromatic hydroxyl groups is 3. The molecule has 4 rings (SSSR count). The molecule has 2 aromatic carbocycles. The fraction of sp³-hybridized carbons (Fsp3) is 0.348. The average Bonchev–Trinajstić information content (AvgIpc) is 2.80. The van der Waals surface area contributed by atoms with E-state index < -0.39 is 47.4 Å². The molecule has 1 aliphatic heterocycles. The number of rotatable bonds is 4. The smallest absolute Gasteiger partial charge is 0.200 e. The van der Waals surface area contributed by atoms with Crippen molar-refractivity contribution in [3.63, 3.8) is 0 Å². The van der Waals surface area contributed by atoms with Crippen LogP contribution in [0.2, 0.25) is 0 Å². The van der Waals surface area contributed by atoms with Crippen molar-refractivity contribution in [3.8, 4) is 40.1 Å². The first-order valence-electron chi connectivity index (χ1n) is 10.3. The van der Waals surface area contributed by atoms with Crippen LogP contribution in [0.25, 0.3) is 22.3 Å². The summed E-state index contributed by atoms with van der Waals surface area (Å²) in [5, 5.41) is 61.7. The number of hydrogen-bond donors (Lipinski definition) is 6. The van der Waals surface area contributed by atoms with Gasteiger partial charge in [0, 0.05) is 17.7 Å². The molecule has 1 aromatic heterocycles. The molecule has 11 nitrogen and oxygen atoms in total. The van der Waals surface area contributed by atoms with E-state index in [1.54, 1.807) is 0 Å². The number of ether oxygens (including phenoxy) is 3. The van der Waals surface area contributed by atoms with Crippen molar-refractivity contribution in [1.82, 2.24) is 0 Å². The van der Waals surface area contributed by atoms with Crippen LogP contribution < -0.4 is 14.9 Å². The third-order valence-corrected chi connectivity index (χ3v) is 5.91. The minimum absolute atomic E-state index is 0.0294. The van der Waals surface area contributed by atoms with Crippen LogP contribution in [0.4, 0.5) is 0 Å². The Morgan fingerprint density at radius 2 is 1.47 bits per heavy atom. The molecule has 0 bridgehead atoms. The Kier molecular flexibility index (Phi) is 6.04. The monoisotopic (exact) mass is 476 g/mol. The van der Waals surface area contributed by atoms with Gasteiger partial charge in [0.05, 0.1) is 25.9 Å². The summed E-state index contributed by atoms with van der Waals surface area (Å²) in [6.07, 6.45) is -7.05. The number of phenolic OH excluding ortho intramolecular Hbond substituents is 3. The molecule has 6 N–H and O–H groups in total. The largest absolute Gasteiger partial charge is 0.507 e. The number of hydrogen-bond acceptors (Lipinski definition) is 11. The van der Waals surface area contributed by atoms with E-state index in [-0.39, 0.29) is 39.5 Å². The number of aliphatic hydroxyl groups is 3. The summed E-state index contributed by atoms with van der Waals surface area (Å²) < 4.78 is 21.5. The highest BCUT2D eigenvalue weighted by Gasteiger charge is 2.44. The minimum Gasteiger partial charge on any atom is -0.507 e. The zero-order valence-corrected chi connectivity index (χ0v) is 18.4. The maximum Gasteiger partial charge on any atom is 0.200 e. The van der Waals surface area contributed by atoms with E-state index in [1.165, 1.54) is 33.3 Å².